The molecule has 2 heteroatoms. The van der Waals surface area contributed by atoms with E-state index >= 15 is 0 Å². The Hall–Kier alpha value is -0.0800. The van der Waals surface area contributed by atoms with E-state index in [2.05, 4.69) is 24.5 Å². The van der Waals surface area contributed by atoms with Crippen molar-refractivity contribution < 1.29 is 0 Å². The summed E-state index contributed by atoms with van der Waals surface area (Å²) in [6, 6.07) is 0. The highest BCUT2D eigenvalue weighted by atomic mass is 15.1. The molecule has 14 heavy (non-hydrogen) atoms. The summed E-state index contributed by atoms with van der Waals surface area (Å²) in [5.41, 5.74) is 0. The molecule has 0 saturated carbocycles. The summed E-state index contributed by atoms with van der Waals surface area (Å²) in [6.07, 6.45) is 8.70. The molecule has 1 aliphatic heterocycles. The molecule has 1 saturated heterocycles. The molecular formula is C12H26N2. The summed E-state index contributed by atoms with van der Waals surface area (Å²) in [4.78, 5) is 0. The van der Waals surface area contributed by atoms with Gasteiger partial charge in [0.05, 0.1) is 6.17 Å². The molecule has 0 bridgehead atoms. The van der Waals surface area contributed by atoms with Gasteiger partial charge in [0.1, 0.15) is 0 Å². The van der Waals surface area contributed by atoms with E-state index in [0.29, 0.717) is 6.17 Å². The molecule has 2 N–H and O–H groups in total. The predicted octanol–water partition coefficient (Wildman–Crippen LogP) is 2.50. The number of rotatable bonds is 6. The minimum Gasteiger partial charge on any atom is -0.302 e. The fourth-order valence-corrected chi connectivity index (χ4v) is 2.14. The second-order valence-corrected chi connectivity index (χ2v) is 4.65. The van der Waals surface area contributed by atoms with Crippen molar-refractivity contribution in [1.29, 1.82) is 0 Å². The third-order valence-corrected chi connectivity index (χ3v) is 3.07. The van der Waals surface area contributed by atoms with Crippen molar-refractivity contribution in [3.8, 4) is 0 Å². The highest BCUT2D eigenvalue weighted by molar-refractivity contribution is 4.72. The van der Waals surface area contributed by atoms with Gasteiger partial charge in [-0.2, -0.15) is 0 Å². The number of unbranched alkanes of at least 4 members (excludes halogenated alkanes) is 2. The minimum atomic E-state index is 0.584. The Balaban J connectivity index is 2.03. The van der Waals surface area contributed by atoms with Gasteiger partial charge in [0.2, 0.25) is 0 Å². The van der Waals surface area contributed by atoms with Crippen LogP contribution in [-0.4, -0.2) is 19.3 Å². The Kier molecular flexibility index (Phi) is 6.20. The molecule has 2 nitrogen and oxygen atoms in total. The van der Waals surface area contributed by atoms with Gasteiger partial charge in [0.15, 0.2) is 0 Å². The molecule has 0 spiro atoms. The maximum Gasteiger partial charge on any atom is 0.0574 e. The van der Waals surface area contributed by atoms with Gasteiger partial charge in [0.25, 0.3) is 0 Å². The van der Waals surface area contributed by atoms with Crippen LogP contribution in [0.15, 0.2) is 0 Å². The van der Waals surface area contributed by atoms with Gasteiger partial charge in [-0.05, 0) is 31.8 Å². The molecule has 1 atom stereocenters. The molecule has 1 rings (SSSR count). The van der Waals surface area contributed by atoms with Gasteiger partial charge in [-0.1, -0.05) is 39.5 Å². The lowest BCUT2D eigenvalue weighted by molar-refractivity contribution is 0.301. The van der Waals surface area contributed by atoms with Crippen LogP contribution in [0.25, 0.3) is 0 Å². The van der Waals surface area contributed by atoms with Crippen molar-refractivity contribution in [3.05, 3.63) is 0 Å². The van der Waals surface area contributed by atoms with Crippen LogP contribution in [0, 0.1) is 5.92 Å². The standard InChI is InChI=1S/C12H26N2/c1-3-4-5-7-11(2)10-12-13-8-6-9-14-12/h11-14H,3-10H2,1-2H3. The van der Waals surface area contributed by atoms with E-state index in [-0.39, 0.29) is 0 Å². The molecule has 0 aromatic carbocycles. The molecule has 0 aromatic heterocycles. The summed E-state index contributed by atoms with van der Waals surface area (Å²) in [7, 11) is 0. The van der Waals surface area contributed by atoms with Crippen LogP contribution in [0.5, 0.6) is 0 Å². The van der Waals surface area contributed by atoms with Crippen molar-refractivity contribution in [2.24, 2.45) is 5.92 Å². The Bertz CT molecular complexity index is 130. The molecule has 1 aliphatic rings. The van der Waals surface area contributed by atoms with Crippen LogP contribution in [-0.2, 0) is 0 Å². The fraction of sp³-hybridized carbons (Fsp3) is 1.00. The SMILES string of the molecule is CCCCCC(C)CC1NCCCN1. The third kappa shape index (κ3) is 4.97. The van der Waals surface area contributed by atoms with Crippen molar-refractivity contribution in [2.75, 3.05) is 13.1 Å². The van der Waals surface area contributed by atoms with E-state index in [1.807, 2.05) is 0 Å². The van der Waals surface area contributed by atoms with Gasteiger partial charge in [-0.3, -0.25) is 0 Å². The van der Waals surface area contributed by atoms with E-state index in [0.717, 1.165) is 5.92 Å². The maximum absolute atomic E-state index is 3.53. The normalized spacial score (nSPS) is 21.0. The van der Waals surface area contributed by atoms with Crippen LogP contribution in [0.3, 0.4) is 0 Å². The van der Waals surface area contributed by atoms with Gasteiger partial charge >= 0.3 is 0 Å². The minimum absolute atomic E-state index is 0.584. The first-order valence-electron chi connectivity index (χ1n) is 6.29. The van der Waals surface area contributed by atoms with Gasteiger partial charge in [-0.15, -0.1) is 0 Å². The average molecular weight is 198 g/mol. The summed E-state index contributed by atoms with van der Waals surface area (Å²) in [5.74, 6) is 0.865. The van der Waals surface area contributed by atoms with Crippen molar-refractivity contribution in [3.63, 3.8) is 0 Å². The fourth-order valence-electron chi connectivity index (χ4n) is 2.14. The van der Waals surface area contributed by atoms with Crippen LogP contribution >= 0.6 is 0 Å². The summed E-state index contributed by atoms with van der Waals surface area (Å²) in [6.45, 7) is 7.04. The number of nitrogens with one attached hydrogen (secondary N) is 2. The van der Waals surface area contributed by atoms with Gasteiger partial charge in [-0.25, -0.2) is 0 Å². The van der Waals surface area contributed by atoms with Crippen molar-refractivity contribution in [1.82, 2.24) is 10.6 Å². The first-order chi connectivity index (χ1) is 6.83. The zero-order valence-electron chi connectivity index (χ0n) is 9.81. The first kappa shape index (κ1) is 12.0. The summed E-state index contributed by atoms with van der Waals surface area (Å²) in [5, 5.41) is 7.06. The Morgan fingerprint density at radius 1 is 1.21 bits per heavy atom. The topological polar surface area (TPSA) is 24.1 Å². The Labute approximate surface area is 88.8 Å². The zero-order chi connectivity index (χ0) is 10.2. The molecule has 0 radical (unpaired) electrons. The number of hydrogen-bond acceptors (Lipinski definition) is 2. The second kappa shape index (κ2) is 7.24. The molecule has 0 aliphatic carbocycles. The van der Waals surface area contributed by atoms with E-state index in [9.17, 15) is 0 Å². The Morgan fingerprint density at radius 2 is 1.93 bits per heavy atom. The first-order valence-corrected chi connectivity index (χ1v) is 6.29. The van der Waals surface area contributed by atoms with E-state index in [1.54, 1.807) is 0 Å². The highest BCUT2D eigenvalue weighted by Crippen LogP contribution is 2.14. The zero-order valence-corrected chi connectivity index (χ0v) is 9.81. The largest absolute Gasteiger partial charge is 0.302 e. The van der Waals surface area contributed by atoms with Crippen LogP contribution in [0.1, 0.15) is 52.4 Å². The number of hydrogen-bond donors (Lipinski definition) is 2. The predicted molar refractivity (Wildman–Crippen MR) is 62.3 cm³/mol. The summed E-state index contributed by atoms with van der Waals surface area (Å²) >= 11 is 0. The quantitative estimate of drug-likeness (QED) is 0.641. The van der Waals surface area contributed by atoms with E-state index in [4.69, 9.17) is 0 Å². The highest BCUT2D eigenvalue weighted by Gasteiger charge is 2.14. The molecular weight excluding hydrogens is 172 g/mol. The molecule has 1 unspecified atom stereocenters. The molecule has 0 amide bonds. The maximum atomic E-state index is 3.53. The van der Waals surface area contributed by atoms with Crippen molar-refractivity contribution in [2.45, 2.75) is 58.5 Å². The molecule has 84 valence electrons. The van der Waals surface area contributed by atoms with Crippen LogP contribution in [0.2, 0.25) is 0 Å². The van der Waals surface area contributed by atoms with Crippen molar-refractivity contribution >= 4 is 0 Å². The van der Waals surface area contributed by atoms with E-state index < -0.39 is 0 Å². The van der Waals surface area contributed by atoms with Gasteiger partial charge < -0.3 is 10.6 Å². The molecule has 1 fully saturated rings. The molecule has 1 heterocycles. The lowest BCUT2D eigenvalue weighted by Crippen LogP contribution is -2.48. The van der Waals surface area contributed by atoms with Gasteiger partial charge in [0, 0.05) is 0 Å². The van der Waals surface area contributed by atoms with Crippen LogP contribution in [0.4, 0.5) is 0 Å². The van der Waals surface area contributed by atoms with E-state index in [1.165, 1.54) is 51.6 Å². The second-order valence-electron chi connectivity index (χ2n) is 4.65. The third-order valence-electron chi connectivity index (χ3n) is 3.07. The smallest absolute Gasteiger partial charge is 0.0574 e. The lowest BCUT2D eigenvalue weighted by Gasteiger charge is -2.27. The lowest BCUT2D eigenvalue weighted by atomic mass is 9.98. The Morgan fingerprint density at radius 3 is 2.57 bits per heavy atom. The average Bonchev–Trinajstić information content (AvgIpc) is 2.20. The summed E-state index contributed by atoms with van der Waals surface area (Å²) < 4.78 is 0. The molecule has 0 aromatic rings. The van der Waals surface area contributed by atoms with Crippen LogP contribution < -0.4 is 10.6 Å². The monoisotopic (exact) mass is 198 g/mol.